The second-order valence-electron chi connectivity index (χ2n) is 6.03. The van der Waals surface area contributed by atoms with Gasteiger partial charge in [0, 0.05) is 24.0 Å². The average Bonchev–Trinajstić information content (AvgIpc) is 3.18. The Morgan fingerprint density at radius 1 is 1.25 bits per heavy atom. The molecule has 0 radical (unpaired) electrons. The monoisotopic (exact) mass is 421 g/mol. The molecule has 0 bridgehead atoms. The first-order chi connectivity index (χ1) is 13.7. The number of benzene rings is 1. The van der Waals surface area contributed by atoms with Gasteiger partial charge in [-0.05, 0) is 31.2 Å². The van der Waals surface area contributed by atoms with Crippen LogP contribution in [-0.4, -0.2) is 66.1 Å². The summed E-state index contributed by atoms with van der Waals surface area (Å²) in [4.78, 5) is 30.4. The maximum Gasteiger partial charge on any atom is 0.236 e. The van der Waals surface area contributed by atoms with E-state index in [1.165, 1.54) is 23.1 Å². The van der Waals surface area contributed by atoms with E-state index in [0.717, 1.165) is 17.0 Å². The molecule has 1 aromatic heterocycles. The normalized spacial score (nSPS) is 14.0. The molecular formula is C19H23N3O4S2. The lowest BCUT2D eigenvalue weighted by atomic mass is 10.2. The fraction of sp³-hybridized carbons (Fsp3) is 0.421. The molecule has 1 aliphatic heterocycles. The number of anilines is 1. The molecule has 28 heavy (non-hydrogen) atoms. The maximum absolute atomic E-state index is 12.1. The predicted octanol–water partition coefficient (Wildman–Crippen LogP) is 2.74. The van der Waals surface area contributed by atoms with Gasteiger partial charge in [-0.25, -0.2) is 4.98 Å². The molecule has 0 atom stereocenters. The highest BCUT2D eigenvalue weighted by atomic mass is 32.2. The third kappa shape index (κ3) is 5.95. The number of hydrogen-bond acceptors (Lipinski definition) is 7. The van der Waals surface area contributed by atoms with Gasteiger partial charge in [0.25, 0.3) is 0 Å². The van der Waals surface area contributed by atoms with Crippen LogP contribution in [0.1, 0.15) is 6.92 Å². The van der Waals surface area contributed by atoms with Crippen LogP contribution >= 0.6 is 23.1 Å². The summed E-state index contributed by atoms with van der Waals surface area (Å²) in [5.41, 5.74) is 1.77. The highest BCUT2D eigenvalue weighted by Gasteiger charge is 2.17. The molecule has 1 saturated heterocycles. The molecule has 0 aliphatic carbocycles. The Hall–Kier alpha value is -2.10. The van der Waals surface area contributed by atoms with Gasteiger partial charge < -0.3 is 19.7 Å². The Bertz CT molecular complexity index is 789. The highest BCUT2D eigenvalue weighted by molar-refractivity contribution is 8.00. The SMILES string of the molecule is CCOc1ccc(-c2csc(NC(=O)CSCC(=O)N3CCOCC3)n2)cc1. The van der Waals surface area contributed by atoms with E-state index in [0.29, 0.717) is 43.8 Å². The molecule has 9 heteroatoms. The lowest BCUT2D eigenvalue weighted by Crippen LogP contribution is -2.41. The zero-order valence-corrected chi connectivity index (χ0v) is 17.3. The van der Waals surface area contributed by atoms with Crippen molar-refractivity contribution >= 4 is 40.0 Å². The van der Waals surface area contributed by atoms with Crippen LogP contribution < -0.4 is 10.1 Å². The summed E-state index contributed by atoms with van der Waals surface area (Å²) in [5.74, 6) is 1.22. The summed E-state index contributed by atoms with van der Waals surface area (Å²) < 4.78 is 10.7. The van der Waals surface area contributed by atoms with Crippen LogP contribution in [0.2, 0.25) is 0 Å². The number of morpholine rings is 1. The fourth-order valence-corrected chi connectivity index (χ4v) is 4.10. The van der Waals surface area contributed by atoms with Crippen molar-refractivity contribution in [2.45, 2.75) is 6.92 Å². The van der Waals surface area contributed by atoms with Crippen LogP contribution in [0.3, 0.4) is 0 Å². The topological polar surface area (TPSA) is 80.8 Å². The largest absolute Gasteiger partial charge is 0.494 e. The van der Waals surface area contributed by atoms with Gasteiger partial charge in [-0.15, -0.1) is 23.1 Å². The number of amides is 2. The summed E-state index contributed by atoms with van der Waals surface area (Å²) in [6.07, 6.45) is 0. The fourth-order valence-electron chi connectivity index (χ4n) is 2.64. The van der Waals surface area contributed by atoms with Crippen molar-refractivity contribution in [3.63, 3.8) is 0 Å². The number of hydrogen-bond donors (Lipinski definition) is 1. The number of thiazole rings is 1. The molecular weight excluding hydrogens is 398 g/mol. The Kier molecular flexibility index (Phi) is 7.70. The first-order valence-corrected chi connectivity index (χ1v) is 11.1. The maximum atomic E-state index is 12.1. The van der Waals surface area contributed by atoms with E-state index in [4.69, 9.17) is 9.47 Å². The van der Waals surface area contributed by atoms with E-state index < -0.39 is 0 Å². The van der Waals surface area contributed by atoms with Crippen LogP contribution in [0.15, 0.2) is 29.6 Å². The van der Waals surface area contributed by atoms with Crippen LogP contribution in [0.4, 0.5) is 5.13 Å². The number of thioether (sulfide) groups is 1. The standard InChI is InChI=1S/C19H23N3O4S2/c1-2-26-15-5-3-14(4-6-15)16-11-28-19(20-16)21-17(23)12-27-13-18(24)22-7-9-25-10-8-22/h3-6,11H,2,7-10,12-13H2,1H3,(H,20,21,23). The summed E-state index contributed by atoms with van der Waals surface area (Å²) in [7, 11) is 0. The van der Waals surface area contributed by atoms with Gasteiger partial charge in [0.15, 0.2) is 5.13 Å². The Labute approximate surface area is 172 Å². The van der Waals surface area contributed by atoms with Crippen molar-refractivity contribution in [2.75, 3.05) is 49.7 Å². The second kappa shape index (κ2) is 10.4. The van der Waals surface area contributed by atoms with Crippen molar-refractivity contribution < 1.29 is 19.1 Å². The lowest BCUT2D eigenvalue weighted by Gasteiger charge is -2.26. The third-order valence-corrected chi connectivity index (χ3v) is 5.71. The van der Waals surface area contributed by atoms with Crippen molar-refractivity contribution in [3.8, 4) is 17.0 Å². The van der Waals surface area contributed by atoms with Gasteiger partial charge in [-0.1, -0.05) is 0 Å². The first-order valence-electron chi connectivity index (χ1n) is 9.07. The number of aromatic nitrogens is 1. The molecule has 1 N–H and O–H groups in total. The summed E-state index contributed by atoms with van der Waals surface area (Å²) in [5, 5.41) is 5.25. The number of nitrogens with one attached hydrogen (secondary N) is 1. The molecule has 2 amide bonds. The zero-order valence-electron chi connectivity index (χ0n) is 15.7. The van der Waals surface area contributed by atoms with Crippen molar-refractivity contribution in [1.29, 1.82) is 0 Å². The zero-order chi connectivity index (χ0) is 19.8. The Morgan fingerprint density at radius 3 is 2.71 bits per heavy atom. The minimum Gasteiger partial charge on any atom is -0.494 e. The number of ether oxygens (including phenoxy) is 2. The number of nitrogens with zero attached hydrogens (tertiary/aromatic N) is 2. The molecule has 1 aromatic carbocycles. The minimum absolute atomic E-state index is 0.0492. The van der Waals surface area contributed by atoms with E-state index in [1.807, 2.05) is 36.6 Å². The van der Waals surface area contributed by atoms with Gasteiger partial charge in [-0.3, -0.25) is 9.59 Å². The quantitative estimate of drug-likeness (QED) is 0.706. The molecule has 0 spiro atoms. The Balaban J connectivity index is 1.44. The molecule has 2 heterocycles. The van der Waals surface area contributed by atoms with Crippen LogP contribution in [0.25, 0.3) is 11.3 Å². The Morgan fingerprint density at radius 2 is 2.00 bits per heavy atom. The van der Waals surface area contributed by atoms with Gasteiger partial charge in [0.1, 0.15) is 5.75 Å². The molecule has 150 valence electrons. The highest BCUT2D eigenvalue weighted by Crippen LogP contribution is 2.26. The third-order valence-electron chi connectivity index (χ3n) is 4.03. The van der Waals surface area contributed by atoms with E-state index in [1.54, 1.807) is 4.90 Å². The van der Waals surface area contributed by atoms with Crippen LogP contribution in [0.5, 0.6) is 5.75 Å². The van der Waals surface area contributed by atoms with E-state index in [-0.39, 0.29) is 17.6 Å². The number of carbonyl (C=O) groups excluding carboxylic acids is 2. The smallest absolute Gasteiger partial charge is 0.236 e. The molecule has 2 aromatic rings. The van der Waals surface area contributed by atoms with Gasteiger partial charge in [-0.2, -0.15) is 0 Å². The number of rotatable bonds is 8. The molecule has 0 unspecified atom stereocenters. The predicted molar refractivity (Wildman–Crippen MR) is 112 cm³/mol. The van der Waals surface area contributed by atoms with Gasteiger partial charge in [0.2, 0.25) is 11.8 Å². The first kappa shape index (κ1) is 20.6. The molecule has 0 saturated carbocycles. The van der Waals surface area contributed by atoms with Crippen LogP contribution in [-0.2, 0) is 14.3 Å². The summed E-state index contributed by atoms with van der Waals surface area (Å²) in [6.45, 7) is 4.98. The van der Waals surface area contributed by atoms with E-state index in [2.05, 4.69) is 10.3 Å². The minimum atomic E-state index is -0.160. The van der Waals surface area contributed by atoms with Crippen molar-refractivity contribution in [3.05, 3.63) is 29.6 Å². The van der Waals surface area contributed by atoms with E-state index in [9.17, 15) is 9.59 Å². The lowest BCUT2D eigenvalue weighted by molar-refractivity contribution is -0.132. The van der Waals surface area contributed by atoms with Crippen molar-refractivity contribution in [2.24, 2.45) is 0 Å². The van der Waals surface area contributed by atoms with Gasteiger partial charge in [0.05, 0.1) is 37.0 Å². The second-order valence-corrected chi connectivity index (χ2v) is 7.87. The average molecular weight is 422 g/mol. The molecule has 3 rings (SSSR count). The molecule has 1 fully saturated rings. The summed E-state index contributed by atoms with van der Waals surface area (Å²) >= 11 is 2.69. The van der Waals surface area contributed by atoms with Crippen LogP contribution in [0, 0.1) is 0 Å². The van der Waals surface area contributed by atoms with E-state index >= 15 is 0 Å². The molecule has 7 nitrogen and oxygen atoms in total. The molecule has 1 aliphatic rings. The summed E-state index contributed by atoms with van der Waals surface area (Å²) in [6, 6.07) is 7.69. The van der Waals surface area contributed by atoms with Gasteiger partial charge >= 0.3 is 0 Å². The number of carbonyl (C=O) groups is 2. The van der Waals surface area contributed by atoms with Crippen molar-refractivity contribution in [1.82, 2.24) is 9.88 Å².